The van der Waals surface area contributed by atoms with Crippen LogP contribution in [0.5, 0.6) is 5.75 Å². The number of aliphatic hydroxyl groups is 1. The van der Waals surface area contributed by atoms with Gasteiger partial charge in [0, 0.05) is 11.3 Å². The Hall–Kier alpha value is -2.77. The average molecular weight is 485 g/mol. The Morgan fingerprint density at radius 1 is 1.03 bits per heavy atom. The zero-order chi connectivity index (χ0) is 24.9. The molecule has 1 unspecified atom stereocenters. The molecule has 6 rings (SSSR count). The Kier molecular flexibility index (Phi) is 5.88. The summed E-state index contributed by atoms with van der Waals surface area (Å²) in [7, 11) is 0. The first-order chi connectivity index (χ1) is 17.4. The molecule has 2 aromatic carbocycles. The summed E-state index contributed by atoms with van der Waals surface area (Å²) in [5.41, 5.74) is 3.94. The molecule has 0 aromatic heterocycles. The average Bonchev–Trinajstić information content (AvgIpc) is 3.16. The predicted molar refractivity (Wildman–Crippen MR) is 138 cm³/mol. The van der Waals surface area contributed by atoms with Crippen LogP contribution in [-0.4, -0.2) is 28.4 Å². The molecule has 36 heavy (non-hydrogen) atoms. The second-order valence-electron chi connectivity index (χ2n) is 11.9. The van der Waals surface area contributed by atoms with E-state index < -0.39 is 11.6 Å². The predicted octanol–water partition coefficient (Wildman–Crippen LogP) is 5.33. The van der Waals surface area contributed by atoms with Crippen molar-refractivity contribution in [2.24, 2.45) is 23.2 Å². The summed E-state index contributed by atoms with van der Waals surface area (Å²) in [5, 5.41) is 21.6. The van der Waals surface area contributed by atoms with E-state index in [9.17, 15) is 15.0 Å². The third-order valence-corrected chi connectivity index (χ3v) is 10.1. The number of aryl methyl sites for hydroxylation is 2. The van der Waals surface area contributed by atoms with Gasteiger partial charge in [-0.3, -0.25) is 0 Å². The molecule has 4 nitrogen and oxygen atoms in total. The number of phenolic OH excluding ortho intramolecular Hbond substituents is 1. The quantitative estimate of drug-likeness (QED) is 0.343. The highest BCUT2D eigenvalue weighted by molar-refractivity contribution is 5.88. The molecule has 0 saturated heterocycles. The van der Waals surface area contributed by atoms with Gasteiger partial charge in [-0.25, -0.2) is 4.79 Å². The fraction of sp³-hybridized carbons (Fsp3) is 0.531. The van der Waals surface area contributed by atoms with Gasteiger partial charge in [-0.15, -0.1) is 0 Å². The topological polar surface area (TPSA) is 66.8 Å². The highest BCUT2D eigenvalue weighted by Gasteiger charge is 2.61. The monoisotopic (exact) mass is 484 g/mol. The van der Waals surface area contributed by atoms with Crippen molar-refractivity contribution in [3.63, 3.8) is 0 Å². The molecular weight excluding hydrogens is 448 g/mol. The zero-order valence-corrected chi connectivity index (χ0v) is 21.1. The number of benzene rings is 2. The number of hydrogen-bond donors (Lipinski definition) is 2. The molecule has 2 N–H and O–H groups in total. The van der Waals surface area contributed by atoms with Crippen molar-refractivity contribution < 1.29 is 19.7 Å². The molecule has 0 bridgehead atoms. The van der Waals surface area contributed by atoms with Crippen LogP contribution in [0.3, 0.4) is 0 Å². The Bertz CT molecular complexity index is 1240. The van der Waals surface area contributed by atoms with Crippen molar-refractivity contribution in [3.8, 4) is 17.6 Å². The summed E-state index contributed by atoms with van der Waals surface area (Å²) in [4.78, 5) is 12.6. The van der Waals surface area contributed by atoms with Crippen LogP contribution in [-0.2, 0) is 28.8 Å². The summed E-state index contributed by atoms with van der Waals surface area (Å²) in [5.74, 6) is 7.24. The van der Waals surface area contributed by atoms with E-state index in [1.54, 1.807) is 0 Å². The minimum absolute atomic E-state index is 0.317. The SMILES string of the molecule is C[C@]12CC[C@@H]3c4ccc(O)cc4CC[C@H]3[C@@H]1CC[C@@]2(O)C#CC(=O)OCC1CCc2ccccc2C1. The Morgan fingerprint density at radius 3 is 2.69 bits per heavy atom. The van der Waals surface area contributed by atoms with Crippen molar-refractivity contribution in [2.75, 3.05) is 6.61 Å². The maximum absolute atomic E-state index is 12.6. The van der Waals surface area contributed by atoms with E-state index in [0.717, 1.165) is 51.4 Å². The third-order valence-electron chi connectivity index (χ3n) is 10.1. The highest BCUT2D eigenvalue weighted by Crippen LogP contribution is 2.64. The van der Waals surface area contributed by atoms with E-state index >= 15 is 0 Å². The number of esters is 1. The molecule has 0 heterocycles. The molecule has 0 radical (unpaired) electrons. The van der Waals surface area contributed by atoms with Gasteiger partial charge in [0.25, 0.3) is 0 Å². The fourth-order valence-electron chi connectivity index (χ4n) is 8.09. The molecule has 2 fully saturated rings. The van der Waals surface area contributed by atoms with Crippen LogP contribution in [0, 0.1) is 35.0 Å². The third kappa shape index (κ3) is 3.93. The first-order valence-electron chi connectivity index (χ1n) is 13.7. The number of hydrogen-bond acceptors (Lipinski definition) is 4. The van der Waals surface area contributed by atoms with E-state index in [0.29, 0.717) is 42.4 Å². The Morgan fingerprint density at radius 2 is 1.83 bits per heavy atom. The van der Waals surface area contributed by atoms with Crippen LogP contribution in [0.2, 0.25) is 0 Å². The van der Waals surface area contributed by atoms with Crippen LogP contribution >= 0.6 is 0 Å². The van der Waals surface area contributed by atoms with Crippen molar-refractivity contribution in [3.05, 3.63) is 64.7 Å². The van der Waals surface area contributed by atoms with E-state index in [4.69, 9.17) is 4.74 Å². The molecular formula is C32H36O4. The van der Waals surface area contributed by atoms with Gasteiger partial charge in [-0.1, -0.05) is 43.2 Å². The largest absolute Gasteiger partial charge is 0.508 e. The molecule has 4 heteroatoms. The second-order valence-corrected chi connectivity index (χ2v) is 11.9. The van der Waals surface area contributed by atoms with Crippen molar-refractivity contribution in [2.45, 2.75) is 76.2 Å². The van der Waals surface area contributed by atoms with Gasteiger partial charge in [0.15, 0.2) is 0 Å². The first kappa shape index (κ1) is 23.6. The van der Waals surface area contributed by atoms with E-state index in [1.807, 2.05) is 12.1 Å². The molecule has 2 aromatic rings. The second kappa shape index (κ2) is 8.96. The molecule has 6 atom stereocenters. The van der Waals surface area contributed by atoms with Crippen molar-refractivity contribution in [1.82, 2.24) is 0 Å². The van der Waals surface area contributed by atoms with Gasteiger partial charge in [0.05, 0.1) is 6.61 Å². The molecule has 0 aliphatic heterocycles. The smallest absolute Gasteiger partial charge is 0.384 e. The van der Waals surface area contributed by atoms with E-state index in [-0.39, 0.29) is 5.41 Å². The first-order valence-corrected chi connectivity index (χ1v) is 13.7. The Labute approximate surface area is 214 Å². The lowest BCUT2D eigenvalue weighted by molar-refractivity contribution is -0.138. The lowest BCUT2D eigenvalue weighted by Gasteiger charge is -2.52. The number of rotatable bonds is 2. The maximum atomic E-state index is 12.6. The number of fused-ring (bicyclic) bond motifs is 6. The lowest BCUT2D eigenvalue weighted by atomic mass is 9.53. The standard InChI is InChI=1S/C32H36O4/c1-31-15-12-27-26-11-9-25(33)19-24(26)8-10-28(27)29(31)13-16-32(31,35)17-14-30(34)36-20-21-6-7-22-4-2-3-5-23(22)18-21/h2-5,9,11,19,21,27-29,33,35H,6-8,10,12-13,15-16,18,20H2,1H3/t21?,27-,28-,29+,31+,32-/m1/s1. The summed E-state index contributed by atoms with van der Waals surface area (Å²) in [6.45, 7) is 2.57. The van der Waals surface area contributed by atoms with Crippen molar-refractivity contribution >= 4 is 5.97 Å². The molecule has 4 aliphatic carbocycles. The maximum Gasteiger partial charge on any atom is 0.384 e. The van der Waals surface area contributed by atoms with Gasteiger partial charge < -0.3 is 14.9 Å². The summed E-state index contributed by atoms with van der Waals surface area (Å²) >= 11 is 0. The zero-order valence-electron chi connectivity index (χ0n) is 21.1. The molecule has 0 amide bonds. The Balaban J connectivity index is 1.12. The van der Waals surface area contributed by atoms with E-state index in [1.165, 1.54) is 22.3 Å². The minimum atomic E-state index is -1.15. The van der Waals surface area contributed by atoms with Crippen LogP contribution in [0.1, 0.15) is 73.6 Å². The molecule has 2 saturated carbocycles. The van der Waals surface area contributed by atoms with E-state index in [2.05, 4.69) is 49.1 Å². The summed E-state index contributed by atoms with van der Waals surface area (Å²) < 4.78 is 5.56. The van der Waals surface area contributed by atoms with Crippen LogP contribution in [0.25, 0.3) is 0 Å². The van der Waals surface area contributed by atoms with Crippen LogP contribution in [0.4, 0.5) is 0 Å². The van der Waals surface area contributed by atoms with Gasteiger partial charge in [0.1, 0.15) is 11.4 Å². The van der Waals surface area contributed by atoms with Crippen LogP contribution < -0.4 is 0 Å². The number of ether oxygens (including phenoxy) is 1. The van der Waals surface area contributed by atoms with Gasteiger partial charge in [0.2, 0.25) is 0 Å². The number of carbonyl (C=O) groups excluding carboxylic acids is 1. The molecule has 188 valence electrons. The van der Waals surface area contributed by atoms with Gasteiger partial charge >= 0.3 is 5.97 Å². The lowest BCUT2D eigenvalue weighted by Crippen LogP contribution is -2.50. The molecule has 4 aliphatic rings. The van der Waals surface area contributed by atoms with Gasteiger partial charge in [-0.05, 0) is 116 Å². The van der Waals surface area contributed by atoms with Crippen molar-refractivity contribution in [1.29, 1.82) is 0 Å². The minimum Gasteiger partial charge on any atom is -0.508 e. The number of phenols is 1. The highest BCUT2D eigenvalue weighted by atomic mass is 16.5. The molecule has 0 spiro atoms. The summed E-state index contributed by atoms with van der Waals surface area (Å²) in [6, 6.07) is 14.3. The summed E-state index contributed by atoms with van der Waals surface area (Å²) in [6.07, 6.45) is 8.48. The number of carbonyl (C=O) groups is 1. The fourth-order valence-corrected chi connectivity index (χ4v) is 8.09. The van der Waals surface area contributed by atoms with Gasteiger partial charge in [-0.2, -0.15) is 0 Å². The number of aromatic hydroxyl groups is 1. The normalized spacial score (nSPS) is 34.3. The van der Waals surface area contributed by atoms with Crippen LogP contribution in [0.15, 0.2) is 42.5 Å².